The van der Waals surface area contributed by atoms with Gasteiger partial charge in [0.25, 0.3) is 0 Å². The van der Waals surface area contributed by atoms with Gasteiger partial charge in [-0.15, -0.1) is 0 Å². The van der Waals surface area contributed by atoms with Crippen LogP contribution in [0.4, 0.5) is 0 Å². The molecule has 19 heavy (non-hydrogen) atoms. The summed E-state index contributed by atoms with van der Waals surface area (Å²) < 4.78 is 9.97. The Labute approximate surface area is 113 Å². The Kier molecular flexibility index (Phi) is 4.90. The second-order valence-corrected chi connectivity index (χ2v) is 4.95. The van der Waals surface area contributed by atoms with Crippen LogP contribution in [0.5, 0.6) is 0 Å². The van der Waals surface area contributed by atoms with Gasteiger partial charge in [0, 0.05) is 13.0 Å². The highest BCUT2D eigenvalue weighted by Crippen LogP contribution is 2.19. The van der Waals surface area contributed by atoms with E-state index in [1.807, 2.05) is 0 Å². The first-order chi connectivity index (χ1) is 9.22. The Balaban J connectivity index is 1.89. The van der Waals surface area contributed by atoms with Gasteiger partial charge in [-0.1, -0.05) is 12.1 Å². The number of likely N-dealkylation sites (tertiary alicyclic amines) is 1. The first-order valence-corrected chi connectivity index (χ1v) is 6.84. The van der Waals surface area contributed by atoms with Crippen molar-refractivity contribution in [3.05, 3.63) is 11.7 Å². The number of aromatic nitrogens is 2. The minimum absolute atomic E-state index is 0.0271. The second-order valence-electron chi connectivity index (χ2n) is 4.95. The first-order valence-electron chi connectivity index (χ1n) is 6.84. The van der Waals surface area contributed by atoms with Gasteiger partial charge in [0.2, 0.25) is 5.89 Å². The monoisotopic (exact) mass is 267 g/mol. The van der Waals surface area contributed by atoms with Crippen LogP contribution in [0.1, 0.15) is 37.9 Å². The van der Waals surface area contributed by atoms with Gasteiger partial charge in [-0.3, -0.25) is 9.69 Å². The lowest BCUT2D eigenvalue weighted by molar-refractivity contribution is -0.147. The largest absolute Gasteiger partial charge is 0.469 e. The molecular formula is C13H21N3O3. The van der Waals surface area contributed by atoms with E-state index in [9.17, 15) is 4.79 Å². The van der Waals surface area contributed by atoms with Gasteiger partial charge < -0.3 is 9.26 Å². The number of hydrogen-bond donors (Lipinski definition) is 0. The fourth-order valence-corrected chi connectivity index (χ4v) is 2.43. The van der Waals surface area contributed by atoms with Gasteiger partial charge >= 0.3 is 5.97 Å². The van der Waals surface area contributed by atoms with Crippen LogP contribution < -0.4 is 0 Å². The zero-order valence-electron chi connectivity index (χ0n) is 11.6. The van der Waals surface area contributed by atoms with Gasteiger partial charge in [0.15, 0.2) is 5.82 Å². The average molecular weight is 267 g/mol. The van der Waals surface area contributed by atoms with Crippen molar-refractivity contribution in [2.75, 3.05) is 20.2 Å². The van der Waals surface area contributed by atoms with Crippen molar-refractivity contribution in [2.45, 2.75) is 39.2 Å². The molecule has 1 fully saturated rings. The molecular weight excluding hydrogens is 246 g/mol. The lowest BCUT2D eigenvalue weighted by Crippen LogP contribution is -2.38. The van der Waals surface area contributed by atoms with Crippen molar-refractivity contribution in [1.82, 2.24) is 15.0 Å². The Hall–Kier alpha value is -1.43. The SMILES string of the molecule is CCCc1nc(CN2CCCC(C(=O)OC)C2)no1. The quantitative estimate of drug-likeness (QED) is 0.751. The number of carbonyl (C=O) groups excluding carboxylic acids is 1. The van der Waals surface area contributed by atoms with Crippen molar-refractivity contribution in [3.63, 3.8) is 0 Å². The lowest BCUT2D eigenvalue weighted by Gasteiger charge is -2.30. The van der Waals surface area contributed by atoms with E-state index in [2.05, 4.69) is 22.0 Å². The fourth-order valence-electron chi connectivity index (χ4n) is 2.43. The van der Waals surface area contributed by atoms with Crippen LogP contribution in [0.25, 0.3) is 0 Å². The average Bonchev–Trinajstić information content (AvgIpc) is 2.86. The molecule has 2 rings (SSSR count). The van der Waals surface area contributed by atoms with Crippen LogP contribution in [0.15, 0.2) is 4.52 Å². The van der Waals surface area contributed by atoms with Crippen LogP contribution in [0, 0.1) is 5.92 Å². The lowest BCUT2D eigenvalue weighted by atomic mass is 9.98. The molecule has 1 aromatic heterocycles. The molecule has 6 heteroatoms. The summed E-state index contributed by atoms with van der Waals surface area (Å²) in [6.45, 7) is 4.39. The molecule has 0 aromatic carbocycles. The van der Waals surface area contributed by atoms with E-state index in [-0.39, 0.29) is 11.9 Å². The first kappa shape index (κ1) is 14.0. The molecule has 1 aliphatic rings. The molecule has 0 amide bonds. The molecule has 0 spiro atoms. The highest BCUT2D eigenvalue weighted by molar-refractivity contribution is 5.72. The topological polar surface area (TPSA) is 68.5 Å². The molecule has 1 aromatic rings. The maximum absolute atomic E-state index is 11.6. The third-order valence-corrected chi connectivity index (χ3v) is 3.38. The molecule has 106 valence electrons. The summed E-state index contributed by atoms with van der Waals surface area (Å²) in [7, 11) is 1.44. The number of carbonyl (C=O) groups is 1. The number of methoxy groups -OCH3 is 1. The molecule has 0 N–H and O–H groups in total. The Morgan fingerprint density at radius 3 is 3.16 bits per heavy atom. The zero-order chi connectivity index (χ0) is 13.7. The predicted octanol–water partition coefficient (Wildman–Crippen LogP) is 1.41. The van der Waals surface area contributed by atoms with Gasteiger partial charge in [0.05, 0.1) is 19.6 Å². The number of hydrogen-bond acceptors (Lipinski definition) is 6. The minimum atomic E-state index is -0.121. The van der Waals surface area contributed by atoms with Crippen molar-refractivity contribution >= 4 is 5.97 Å². The molecule has 1 aliphatic heterocycles. The third-order valence-electron chi connectivity index (χ3n) is 3.38. The smallest absolute Gasteiger partial charge is 0.309 e. The number of esters is 1. The standard InChI is InChI=1S/C13H21N3O3/c1-3-5-12-14-11(15-19-12)9-16-7-4-6-10(8-16)13(17)18-2/h10H,3-9H2,1-2H3. The number of rotatable bonds is 5. The summed E-state index contributed by atoms with van der Waals surface area (Å²) in [6.07, 6.45) is 3.71. The van der Waals surface area contributed by atoms with Gasteiger partial charge in [-0.2, -0.15) is 4.98 Å². The summed E-state index contributed by atoms with van der Waals surface area (Å²) in [6, 6.07) is 0. The minimum Gasteiger partial charge on any atom is -0.469 e. The molecule has 2 heterocycles. The van der Waals surface area contributed by atoms with E-state index in [1.54, 1.807) is 0 Å². The van der Waals surface area contributed by atoms with E-state index in [1.165, 1.54) is 7.11 Å². The maximum Gasteiger partial charge on any atom is 0.309 e. The summed E-state index contributed by atoms with van der Waals surface area (Å²) in [5, 5.41) is 3.97. The normalized spacial score (nSPS) is 20.4. The van der Waals surface area contributed by atoms with E-state index in [0.717, 1.165) is 32.2 Å². The van der Waals surface area contributed by atoms with Crippen LogP contribution in [0.2, 0.25) is 0 Å². The van der Waals surface area contributed by atoms with Gasteiger partial charge in [-0.05, 0) is 25.8 Å². The Bertz CT molecular complexity index is 419. The van der Waals surface area contributed by atoms with Crippen LogP contribution in [-0.4, -0.2) is 41.2 Å². The zero-order valence-corrected chi connectivity index (χ0v) is 11.6. The molecule has 0 aliphatic carbocycles. The second kappa shape index (κ2) is 6.65. The van der Waals surface area contributed by atoms with E-state index in [0.29, 0.717) is 24.8 Å². The number of aryl methyl sites for hydroxylation is 1. The summed E-state index contributed by atoms with van der Waals surface area (Å²) >= 11 is 0. The van der Waals surface area contributed by atoms with E-state index in [4.69, 9.17) is 9.26 Å². The van der Waals surface area contributed by atoms with Crippen molar-refractivity contribution in [3.8, 4) is 0 Å². The molecule has 0 saturated carbocycles. The van der Waals surface area contributed by atoms with E-state index < -0.39 is 0 Å². The number of nitrogens with zero attached hydrogens (tertiary/aromatic N) is 3. The number of piperidine rings is 1. The van der Waals surface area contributed by atoms with Crippen LogP contribution >= 0.6 is 0 Å². The third kappa shape index (κ3) is 3.76. The van der Waals surface area contributed by atoms with Crippen molar-refractivity contribution in [2.24, 2.45) is 5.92 Å². The summed E-state index contributed by atoms with van der Waals surface area (Å²) in [4.78, 5) is 18.1. The van der Waals surface area contributed by atoms with Gasteiger partial charge in [0.1, 0.15) is 0 Å². The molecule has 6 nitrogen and oxygen atoms in total. The molecule has 0 bridgehead atoms. The van der Waals surface area contributed by atoms with Gasteiger partial charge in [-0.25, -0.2) is 0 Å². The van der Waals surface area contributed by atoms with E-state index >= 15 is 0 Å². The molecule has 1 atom stereocenters. The Morgan fingerprint density at radius 2 is 2.42 bits per heavy atom. The predicted molar refractivity (Wildman–Crippen MR) is 68.3 cm³/mol. The molecule has 1 unspecified atom stereocenters. The molecule has 0 radical (unpaired) electrons. The van der Waals surface area contributed by atoms with Crippen molar-refractivity contribution in [1.29, 1.82) is 0 Å². The van der Waals surface area contributed by atoms with Crippen molar-refractivity contribution < 1.29 is 14.1 Å². The van der Waals surface area contributed by atoms with Crippen LogP contribution in [-0.2, 0) is 22.5 Å². The highest BCUT2D eigenvalue weighted by atomic mass is 16.5. The maximum atomic E-state index is 11.6. The Morgan fingerprint density at radius 1 is 1.58 bits per heavy atom. The summed E-state index contributed by atoms with van der Waals surface area (Å²) in [5.74, 6) is 1.25. The molecule has 1 saturated heterocycles. The summed E-state index contributed by atoms with van der Waals surface area (Å²) in [5.41, 5.74) is 0. The number of ether oxygens (including phenoxy) is 1. The fraction of sp³-hybridized carbons (Fsp3) is 0.769. The van der Waals surface area contributed by atoms with Crippen LogP contribution in [0.3, 0.4) is 0 Å². The highest BCUT2D eigenvalue weighted by Gasteiger charge is 2.27.